The molecule has 6 nitrogen and oxygen atoms in total. The van der Waals surface area contributed by atoms with Crippen molar-refractivity contribution in [3.05, 3.63) is 47.3 Å². The normalized spacial score (nSPS) is 15.5. The second-order valence-corrected chi connectivity index (χ2v) is 5.26. The molecule has 1 aromatic carbocycles. The third-order valence-electron chi connectivity index (χ3n) is 3.81. The molecule has 1 amide bonds. The van der Waals surface area contributed by atoms with E-state index in [-0.39, 0.29) is 11.7 Å². The summed E-state index contributed by atoms with van der Waals surface area (Å²) in [7, 11) is 0. The van der Waals surface area contributed by atoms with Crippen LogP contribution in [0, 0.1) is 6.92 Å². The summed E-state index contributed by atoms with van der Waals surface area (Å²) in [4.78, 5) is 23.2. The Balaban J connectivity index is 1.75. The van der Waals surface area contributed by atoms with Crippen LogP contribution in [0.3, 0.4) is 0 Å². The van der Waals surface area contributed by atoms with Crippen LogP contribution in [0.15, 0.2) is 35.0 Å². The number of carbonyl (C=O) groups is 2. The third-order valence-corrected chi connectivity index (χ3v) is 3.81. The number of carbonyl (C=O) groups excluding carboxylic acids is 1. The van der Waals surface area contributed by atoms with Crippen LogP contribution >= 0.6 is 0 Å². The first-order valence-corrected chi connectivity index (χ1v) is 6.59. The zero-order chi connectivity index (χ0) is 15.0. The van der Waals surface area contributed by atoms with Gasteiger partial charge in [0.2, 0.25) is 5.76 Å². The average molecular weight is 286 g/mol. The number of hydrogen-bond donors (Lipinski definition) is 2. The van der Waals surface area contributed by atoms with Gasteiger partial charge in [-0.15, -0.1) is 0 Å². The summed E-state index contributed by atoms with van der Waals surface area (Å²) in [5, 5.41) is 15.5. The Labute approximate surface area is 120 Å². The second-order valence-electron chi connectivity index (χ2n) is 5.26. The number of amides is 1. The van der Waals surface area contributed by atoms with Crippen LogP contribution in [0.1, 0.15) is 34.5 Å². The van der Waals surface area contributed by atoms with Crippen molar-refractivity contribution in [2.45, 2.75) is 25.2 Å². The number of hydrogen-bond acceptors (Lipinski definition) is 4. The molecule has 1 aliphatic rings. The first kappa shape index (κ1) is 13.4. The van der Waals surface area contributed by atoms with E-state index in [0.29, 0.717) is 24.1 Å². The Bertz CT molecular complexity index is 699. The monoisotopic (exact) mass is 286 g/mol. The Morgan fingerprint density at radius 2 is 1.95 bits per heavy atom. The predicted molar refractivity (Wildman–Crippen MR) is 74.2 cm³/mol. The smallest absolute Gasteiger partial charge is 0.314 e. The highest BCUT2D eigenvalue weighted by Crippen LogP contribution is 2.48. The van der Waals surface area contributed by atoms with E-state index < -0.39 is 11.4 Å². The zero-order valence-electron chi connectivity index (χ0n) is 11.4. The van der Waals surface area contributed by atoms with Crippen LogP contribution < -0.4 is 5.32 Å². The molecule has 2 aromatic rings. The van der Waals surface area contributed by atoms with Crippen molar-refractivity contribution >= 4 is 17.6 Å². The fraction of sp³-hybridized carbons (Fsp3) is 0.267. The van der Waals surface area contributed by atoms with Gasteiger partial charge in [-0.3, -0.25) is 9.59 Å². The van der Waals surface area contributed by atoms with Crippen molar-refractivity contribution in [2.24, 2.45) is 0 Å². The van der Waals surface area contributed by atoms with Gasteiger partial charge in [-0.2, -0.15) is 0 Å². The Kier molecular flexibility index (Phi) is 3.01. The number of rotatable bonds is 4. The molecule has 108 valence electrons. The number of benzene rings is 1. The summed E-state index contributed by atoms with van der Waals surface area (Å²) in [5.74, 6) is -1.00. The van der Waals surface area contributed by atoms with E-state index in [4.69, 9.17) is 4.52 Å². The standard InChI is InChI=1S/C15H14N2O4/c1-9-8-16-21-12(9)13(18)17-11-4-2-10(3-5-11)15(6-7-15)14(19)20/h2-5,8H,6-7H2,1H3,(H,17,18)(H,19,20). The average Bonchev–Trinajstić information content (AvgIpc) is 3.16. The molecular weight excluding hydrogens is 272 g/mol. The van der Waals surface area contributed by atoms with Crippen molar-refractivity contribution < 1.29 is 19.2 Å². The van der Waals surface area contributed by atoms with Crippen molar-refractivity contribution in [1.29, 1.82) is 0 Å². The first-order chi connectivity index (χ1) is 10.0. The third kappa shape index (κ3) is 2.29. The lowest BCUT2D eigenvalue weighted by Crippen LogP contribution is -2.19. The van der Waals surface area contributed by atoms with Gasteiger partial charge in [0.05, 0.1) is 11.6 Å². The highest BCUT2D eigenvalue weighted by atomic mass is 16.5. The van der Waals surface area contributed by atoms with Gasteiger partial charge in [-0.1, -0.05) is 17.3 Å². The van der Waals surface area contributed by atoms with Gasteiger partial charge in [0.1, 0.15) is 0 Å². The van der Waals surface area contributed by atoms with E-state index in [1.165, 1.54) is 6.20 Å². The summed E-state index contributed by atoms with van der Waals surface area (Å²) in [6.45, 7) is 1.73. The summed E-state index contributed by atoms with van der Waals surface area (Å²) in [6, 6.07) is 6.87. The summed E-state index contributed by atoms with van der Waals surface area (Å²) >= 11 is 0. The van der Waals surface area contributed by atoms with E-state index >= 15 is 0 Å². The van der Waals surface area contributed by atoms with E-state index in [1.807, 2.05) is 0 Å². The minimum absolute atomic E-state index is 0.170. The molecule has 1 fully saturated rings. The maximum absolute atomic E-state index is 12.0. The van der Waals surface area contributed by atoms with E-state index in [0.717, 1.165) is 5.56 Å². The maximum atomic E-state index is 12.0. The van der Waals surface area contributed by atoms with Gasteiger partial charge in [-0.05, 0) is 37.5 Å². The van der Waals surface area contributed by atoms with E-state index in [1.54, 1.807) is 31.2 Å². The van der Waals surface area contributed by atoms with Gasteiger partial charge >= 0.3 is 5.97 Å². The molecular formula is C15H14N2O4. The number of anilines is 1. The largest absolute Gasteiger partial charge is 0.481 e. The minimum Gasteiger partial charge on any atom is -0.481 e. The van der Waals surface area contributed by atoms with E-state index in [2.05, 4.69) is 10.5 Å². The molecule has 0 unspecified atom stereocenters. The molecule has 0 spiro atoms. The Morgan fingerprint density at radius 3 is 2.43 bits per heavy atom. The number of carboxylic acids is 1. The molecule has 3 rings (SSSR count). The van der Waals surface area contributed by atoms with Crippen molar-refractivity contribution in [1.82, 2.24) is 5.16 Å². The Hall–Kier alpha value is -2.63. The summed E-state index contributed by atoms with van der Waals surface area (Å²) < 4.78 is 4.88. The van der Waals surface area contributed by atoms with Crippen LogP contribution in [0.25, 0.3) is 0 Å². The number of nitrogens with one attached hydrogen (secondary N) is 1. The van der Waals surface area contributed by atoms with Gasteiger partial charge < -0.3 is 14.9 Å². The molecule has 0 atom stereocenters. The van der Waals surface area contributed by atoms with Crippen LogP contribution in [0.2, 0.25) is 0 Å². The molecule has 0 saturated heterocycles. The predicted octanol–water partition coefficient (Wildman–Crippen LogP) is 2.35. The number of aromatic nitrogens is 1. The molecule has 0 radical (unpaired) electrons. The SMILES string of the molecule is Cc1cnoc1C(=O)Nc1ccc(C2(C(=O)O)CC2)cc1. The fourth-order valence-electron chi connectivity index (χ4n) is 2.32. The molecule has 0 bridgehead atoms. The lowest BCUT2D eigenvalue weighted by atomic mass is 9.96. The lowest BCUT2D eigenvalue weighted by Gasteiger charge is -2.11. The molecule has 1 aliphatic carbocycles. The van der Waals surface area contributed by atoms with E-state index in [9.17, 15) is 14.7 Å². The first-order valence-electron chi connectivity index (χ1n) is 6.59. The number of carboxylic acid groups (broad SMARTS) is 1. The highest BCUT2D eigenvalue weighted by molar-refractivity contribution is 6.03. The van der Waals surface area contributed by atoms with Gasteiger partial charge in [0.25, 0.3) is 5.91 Å². The second kappa shape index (κ2) is 4.73. The quantitative estimate of drug-likeness (QED) is 0.900. The number of aryl methyl sites for hydroxylation is 1. The van der Waals surface area contributed by atoms with Crippen LogP contribution in [0.5, 0.6) is 0 Å². The van der Waals surface area contributed by atoms with Crippen LogP contribution in [-0.4, -0.2) is 22.1 Å². The summed E-state index contributed by atoms with van der Waals surface area (Å²) in [6.07, 6.45) is 2.79. The highest BCUT2D eigenvalue weighted by Gasteiger charge is 2.51. The van der Waals surface area contributed by atoms with Gasteiger partial charge in [0.15, 0.2) is 0 Å². The molecule has 1 heterocycles. The zero-order valence-corrected chi connectivity index (χ0v) is 11.4. The molecule has 0 aliphatic heterocycles. The number of nitrogens with zero attached hydrogens (tertiary/aromatic N) is 1. The van der Waals surface area contributed by atoms with Gasteiger partial charge in [-0.25, -0.2) is 0 Å². The lowest BCUT2D eigenvalue weighted by molar-refractivity contribution is -0.140. The molecule has 6 heteroatoms. The van der Waals surface area contributed by atoms with Crippen LogP contribution in [0.4, 0.5) is 5.69 Å². The van der Waals surface area contributed by atoms with Crippen molar-refractivity contribution in [2.75, 3.05) is 5.32 Å². The van der Waals surface area contributed by atoms with Crippen molar-refractivity contribution in [3.63, 3.8) is 0 Å². The topological polar surface area (TPSA) is 92.4 Å². The minimum atomic E-state index is -0.795. The molecule has 1 aromatic heterocycles. The van der Waals surface area contributed by atoms with Gasteiger partial charge in [0, 0.05) is 11.3 Å². The number of aliphatic carboxylic acids is 1. The maximum Gasteiger partial charge on any atom is 0.314 e. The fourth-order valence-corrected chi connectivity index (χ4v) is 2.32. The van der Waals surface area contributed by atoms with Crippen molar-refractivity contribution in [3.8, 4) is 0 Å². The van der Waals surface area contributed by atoms with Crippen LogP contribution in [-0.2, 0) is 10.2 Å². The molecule has 1 saturated carbocycles. The Morgan fingerprint density at radius 1 is 1.29 bits per heavy atom. The molecule has 2 N–H and O–H groups in total. The molecule has 21 heavy (non-hydrogen) atoms. The summed E-state index contributed by atoms with van der Waals surface area (Å²) in [5.41, 5.74) is 1.28.